The fourth-order valence-electron chi connectivity index (χ4n) is 1.60. The van der Waals surface area contributed by atoms with E-state index >= 15 is 0 Å². The molecule has 2 N–H and O–H groups in total. The van der Waals surface area contributed by atoms with E-state index in [9.17, 15) is 18.0 Å². The number of carbonyl (C=O) groups excluding carboxylic acids is 1. The summed E-state index contributed by atoms with van der Waals surface area (Å²) < 4.78 is 35.9. The van der Waals surface area contributed by atoms with Gasteiger partial charge in [-0.2, -0.15) is 13.2 Å². The molecule has 1 heterocycles. The number of hydrogen-bond acceptors (Lipinski definition) is 4. The van der Waals surface area contributed by atoms with Gasteiger partial charge in [-0.05, 0) is 7.05 Å². The summed E-state index contributed by atoms with van der Waals surface area (Å²) in [6.45, 7) is 1.84. The number of nitrogens with zero attached hydrogens (tertiary/aromatic N) is 2. The number of aliphatic hydroxyl groups is 1. The van der Waals surface area contributed by atoms with Crippen LogP contribution in [-0.2, 0) is 4.79 Å². The first kappa shape index (κ1) is 15.2. The number of aliphatic hydroxyl groups excluding tert-OH is 1. The van der Waals surface area contributed by atoms with Crippen molar-refractivity contribution in [2.75, 3.05) is 46.3 Å². The Morgan fingerprint density at radius 3 is 2.39 bits per heavy atom. The topological polar surface area (TPSA) is 55.8 Å². The van der Waals surface area contributed by atoms with Gasteiger partial charge >= 0.3 is 6.18 Å². The largest absolute Gasteiger partial charge is 0.415 e. The molecule has 0 saturated carbocycles. The molecule has 0 bridgehead atoms. The normalized spacial score (nSPS) is 19.9. The van der Waals surface area contributed by atoms with Gasteiger partial charge in [0, 0.05) is 32.7 Å². The second kappa shape index (κ2) is 6.35. The summed E-state index contributed by atoms with van der Waals surface area (Å²) in [6, 6.07) is 0. The first-order valence-corrected chi connectivity index (χ1v) is 5.72. The molecular formula is C10H18F3N3O2. The predicted octanol–water partition coefficient (Wildman–Crippen LogP) is -0.727. The minimum Gasteiger partial charge on any atom is -0.382 e. The summed E-state index contributed by atoms with van der Waals surface area (Å²) >= 11 is 0. The van der Waals surface area contributed by atoms with Crippen LogP contribution in [0.1, 0.15) is 0 Å². The van der Waals surface area contributed by atoms with Crippen LogP contribution in [0.4, 0.5) is 13.2 Å². The van der Waals surface area contributed by atoms with Crippen LogP contribution in [0.5, 0.6) is 0 Å². The van der Waals surface area contributed by atoms with Crippen LogP contribution in [0.2, 0.25) is 0 Å². The van der Waals surface area contributed by atoms with Crippen LogP contribution in [-0.4, -0.2) is 79.4 Å². The van der Waals surface area contributed by atoms with Crippen molar-refractivity contribution in [2.24, 2.45) is 0 Å². The van der Waals surface area contributed by atoms with Gasteiger partial charge in [-0.3, -0.25) is 4.79 Å². The highest BCUT2D eigenvalue weighted by molar-refractivity contribution is 5.78. The molecule has 18 heavy (non-hydrogen) atoms. The van der Waals surface area contributed by atoms with Gasteiger partial charge in [0.1, 0.15) is 0 Å². The summed E-state index contributed by atoms with van der Waals surface area (Å²) in [7, 11) is 1.94. The fraction of sp³-hybridized carbons (Fsp3) is 0.900. The van der Waals surface area contributed by atoms with Crippen molar-refractivity contribution in [1.29, 1.82) is 0 Å². The van der Waals surface area contributed by atoms with Crippen molar-refractivity contribution in [2.45, 2.75) is 12.3 Å². The van der Waals surface area contributed by atoms with Crippen molar-refractivity contribution in [3.05, 3.63) is 0 Å². The lowest BCUT2D eigenvalue weighted by atomic mass is 10.3. The van der Waals surface area contributed by atoms with Gasteiger partial charge in [-0.1, -0.05) is 0 Å². The Morgan fingerprint density at radius 2 is 1.89 bits per heavy atom. The summed E-state index contributed by atoms with van der Waals surface area (Å²) in [5.74, 6) is -0.238. The lowest BCUT2D eigenvalue weighted by Gasteiger charge is -2.32. The monoisotopic (exact) mass is 269 g/mol. The summed E-state index contributed by atoms with van der Waals surface area (Å²) in [5.41, 5.74) is 0. The summed E-state index contributed by atoms with van der Waals surface area (Å²) in [5, 5.41) is 11.0. The summed E-state index contributed by atoms with van der Waals surface area (Å²) in [6.07, 6.45) is -7.08. The molecule has 5 nitrogen and oxygen atoms in total. The number of hydrogen-bond donors (Lipinski definition) is 2. The number of amides is 1. The Kier molecular flexibility index (Phi) is 5.36. The number of carbonyl (C=O) groups is 1. The number of rotatable bonds is 4. The van der Waals surface area contributed by atoms with Gasteiger partial charge < -0.3 is 20.2 Å². The highest BCUT2D eigenvalue weighted by atomic mass is 19.4. The van der Waals surface area contributed by atoms with E-state index in [0.717, 1.165) is 13.1 Å². The molecule has 1 amide bonds. The summed E-state index contributed by atoms with van der Waals surface area (Å²) in [4.78, 5) is 15.3. The Morgan fingerprint density at radius 1 is 1.33 bits per heavy atom. The van der Waals surface area contributed by atoms with E-state index < -0.39 is 18.8 Å². The molecule has 1 fully saturated rings. The highest BCUT2D eigenvalue weighted by Crippen LogP contribution is 2.19. The van der Waals surface area contributed by atoms with Crippen LogP contribution < -0.4 is 5.32 Å². The second-order valence-electron chi connectivity index (χ2n) is 4.37. The number of alkyl halides is 3. The molecule has 8 heteroatoms. The zero-order chi connectivity index (χ0) is 13.8. The van der Waals surface area contributed by atoms with Gasteiger partial charge in [-0.25, -0.2) is 0 Å². The molecule has 0 aromatic carbocycles. The van der Waals surface area contributed by atoms with E-state index in [1.54, 1.807) is 4.90 Å². The SMILES string of the molecule is CN1CCN(C(=O)CNCC(O)C(F)(F)F)CC1. The Bertz CT molecular complexity index is 278. The van der Waals surface area contributed by atoms with Crippen LogP contribution in [0, 0.1) is 0 Å². The third-order valence-corrected chi connectivity index (χ3v) is 2.85. The van der Waals surface area contributed by atoms with E-state index in [1.807, 2.05) is 7.05 Å². The van der Waals surface area contributed by atoms with Gasteiger partial charge in [0.2, 0.25) is 5.91 Å². The average Bonchev–Trinajstić information content (AvgIpc) is 2.28. The van der Waals surface area contributed by atoms with Crippen molar-refractivity contribution in [1.82, 2.24) is 15.1 Å². The first-order valence-electron chi connectivity index (χ1n) is 5.72. The zero-order valence-corrected chi connectivity index (χ0v) is 10.2. The van der Waals surface area contributed by atoms with E-state index in [2.05, 4.69) is 10.2 Å². The minimum atomic E-state index is -4.65. The van der Waals surface area contributed by atoms with Crippen molar-refractivity contribution < 1.29 is 23.1 Å². The standard InChI is InChI=1S/C10H18F3N3O2/c1-15-2-4-16(5-3-15)9(18)7-14-6-8(17)10(11,12)13/h8,14,17H,2-7H2,1H3. The van der Waals surface area contributed by atoms with Gasteiger partial charge in [0.05, 0.1) is 6.54 Å². The molecule has 1 aliphatic heterocycles. The Balaban J connectivity index is 2.21. The lowest BCUT2D eigenvalue weighted by molar-refractivity contribution is -0.201. The minimum absolute atomic E-state index is 0.184. The molecule has 106 valence electrons. The predicted molar refractivity (Wildman–Crippen MR) is 59.0 cm³/mol. The maximum absolute atomic E-state index is 12.0. The Hall–Kier alpha value is -0.860. The molecule has 0 radical (unpaired) electrons. The molecule has 1 atom stereocenters. The average molecular weight is 269 g/mol. The van der Waals surface area contributed by atoms with Gasteiger partial charge in [0.15, 0.2) is 6.10 Å². The molecule has 1 aliphatic rings. The van der Waals surface area contributed by atoms with E-state index in [-0.39, 0.29) is 12.5 Å². The molecule has 0 aliphatic carbocycles. The molecule has 1 saturated heterocycles. The first-order chi connectivity index (χ1) is 8.30. The molecular weight excluding hydrogens is 251 g/mol. The fourth-order valence-corrected chi connectivity index (χ4v) is 1.60. The van der Waals surface area contributed by atoms with E-state index in [4.69, 9.17) is 5.11 Å². The second-order valence-corrected chi connectivity index (χ2v) is 4.37. The van der Waals surface area contributed by atoms with Crippen molar-refractivity contribution in [3.8, 4) is 0 Å². The molecule has 1 unspecified atom stereocenters. The quantitative estimate of drug-likeness (QED) is 0.707. The number of likely N-dealkylation sites (N-methyl/N-ethyl adjacent to an activating group) is 1. The number of nitrogens with one attached hydrogen (secondary N) is 1. The molecule has 1 rings (SSSR count). The van der Waals surface area contributed by atoms with Crippen LogP contribution in [0.15, 0.2) is 0 Å². The highest BCUT2D eigenvalue weighted by Gasteiger charge is 2.37. The Labute approximate surface area is 104 Å². The van der Waals surface area contributed by atoms with E-state index in [0.29, 0.717) is 13.1 Å². The smallest absolute Gasteiger partial charge is 0.382 e. The van der Waals surface area contributed by atoms with Crippen molar-refractivity contribution in [3.63, 3.8) is 0 Å². The third kappa shape index (κ3) is 4.79. The number of piperazine rings is 1. The lowest BCUT2D eigenvalue weighted by Crippen LogP contribution is -2.50. The van der Waals surface area contributed by atoms with Crippen LogP contribution in [0.25, 0.3) is 0 Å². The van der Waals surface area contributed by atoms with Crippen molar-refractivity contribution >= 4 is 5.91 Å². The number of halogens is 3. The van der Waals surface area contributed by atoms with Crippen LogP contribution in [0.3, 0.4) is 0 Å². The maximum atomic E-state index is 12.0. The molecule has 0 aromatic rings. The third-order valence-electron chi connectivity index (χ3n) is 2.85. The molecule has 0 spiro atoms. The molecule has 0 aromatic heterocycles. The maximum Gasteiger partial charge on any atom is 0.415 e. The van der Waals surface area contributed by atoms with E-state index in [1.165, 1.54) is 0 Å². The zero-order valence-electron chi connectivity index (χ0n) is 10.2. The van der Waals surface area contributed by atoms with Gasteiger partial charge in [0.25, 0.3) is 0 Å². The van der Waals surface area contributed by atoms with Gasteiger partial charge in [-0.15, -0.1) is 0 Å². The van der Waals surface area contributed by atoms with Crippen LogP contribution >= 0.6 is 0 Å².